The van der Waals surface area contributed by atoms with E-state index in [4.69, 9.17) is 9.84 Å². The number of nitrogens with one attached hydrogen (secondary N) is 1. The lowest BCUT2D eigenvalue weighted by atomic mass is 10.1. The van der Waals surface area contributed by atoms with Gasteiger partial charge in [0.25, 0.3) is 0 Å². The van der Waals surface area contributed by atoms with Gasteiger partial charge in [0.15, 0.2) is 11.5 Å². The Balaban J connectivity index is 1.85. The predicted octanol–water partition coefficient (Wildman–Crippen LogP) is 1.26. The molecule has 1 fully saturated rings. The van der Waals surface area contributed by atoms with Crippen LogP contribution in [0.5, 0.6) is 11.5 Å². The van der Waals surface area contributed by atoms with E-state index in [-0.39, 0.29) is 17.8 Å². The minimum Gasteiger partial charge on any atom is -0.504 e. The predicted molar refractivity (Wildman–Crippen MR) is 65.1 cm³/mol. The first-order valence-corrected chi connectivity index (χ1v) is 5.87. The molecule has 1 aromatic carbocycles. The number of phenols is 1. The van der Waals surface area contributed by atoms with Crippen molar-refractivity contribution in [2.24, 2.45) is 5.41 Å². The zero-order valence-electron chi connectivity index (χ0n) is 10.1. The van der Waals surface area contributed by atoms with Gasteiger partial charge in [-0.3, -0.25) is 0 Å². The number of benzene rings is 1. The number of methoxy groups -OCH3 is 1. The summed E-state index contributed by atoms with van der Waals surface area (Å²) in [6, 6.07) is 5.37. The average Bonchev–Trinajstić information content (AvgIpc) is 3.10. The average molecular weight is 237 g/mol. The summed E-state index contributed by atoms with van der Waals surface area (Å²) >= 11 is 0. The Morgan fingerprint density at radius 3 is 2.71 bits per heavy atom. The van der Waals surface area contributed by atoms with Crippen LogP contribution in [0.1, 0.15) is 18.4 Å². The lowest BCUT2D eigenvalue weighted by Crippen LogP contribution is -2.26. The summed E-state index contributed by atoms with van der Waals surface area (Å²) in [6.07, 6.45) is 2.20. The lowest BCUT2D eigenvalue weighted by molar-refractivity contribution is 0.207. The molecule has 1 aliphatic carbocycles. The third-order valence-corrected chi connectivity index (χ3v) is 3.36. The molecule has 0 bridgehead atoms. The maximum Gasteiger partial charge on any atom is 0.160 e. The van der Waals surface area contributed by atoms with Gasteiger partial charge in [-0.1, -0.05) is 6.07 Å². The van der Waals surface area contributed by atoms with Crippen LogP contribution in [0.15, 0.2) is 18.2 Å². The fourth-order valence-electron chi connectivity index (χ4n) is 1.89. The molecule has 17 heavy (non-hydrogen) atoms. The summed E-state index contributed by atoms with van der Waals surface area (Å²) < 4.78 is 4.98. The third kappa shape index (κ3) is 2.90. The van der Waals surface area contributed by atoms with Gasteiger partial charge < -0.3 is 20.3 Å². The van der Waals surface area contributed by atoms with Crippen molar-refractivity contribution in [1.29, 1.82) is 0 Å². The highest BCUT2D eigenvalue weighted by molar-refractivity contribution is 5.41. The first kappa shape index (κ1) is 12.2. The first-order chi connectivity index (χ1) is 8.19. The lowest BCUT2D eigenvalue weighted by Gasteiger charge is -2.13. The quantitative estimate of drug-likeness (QED) is 0.697. The fourth-order valence-corrected chi connectivity index (χ4v) is 1.89. The number of aromatic hydroxyl groups is 1. The Hall–Kier alpha value is -1.26. The van der Waals surface area contributed by atoms with Crippen LogP contribution in [-0.2, 0) is 6.54 Å². The summed E-state index contributed by atoms with van der Waals surface area (Å²) in [5, 5.41) is 22.1. The number of phenolic OH excluding ortho intramolecular Hbond substituents is 1. The number of aliphatic hydroxyl groups excluding tert-OH is 1. The third-order valence-electron chi connectivity index (χ3n) is 3.36. The van der Waals surface area contributed by atoms with Crippen molar-refractivity contribution in [3.63, 3.8) is 0 Å². The van der Waals surface area contributed by atoms with Crippen LogP contribution >= 0.6 is 0 Å². The van der Waals surface area contributed by atoms with Crippen LogP contribution in [-0.4, -0.2) is 30.5 Å². The summed E-state index contributed by atoms with van der Waals surface area (Å²) in [5.74, 6) is 0.651. The molecule has 1 saturated carbocycles. The van der Waals surface area contributed by atoms with Gasteiger partial charge in [-0.05, 0) is 30.5 Å². The van der Waals surface area contributed by atoms with Gasteiger partial charge in [-0.2, -0.15) is 0 Å². The maximum atomic E-state index is 9.62. The van der Waals surface area contributed by atoms with Crippen molar-refractivity contribution in [3.05, 3.63) is 23.8 Å². The zero-order valence-corrected chi connectivity index (χ0v) is 10.1. The second-order valence-corrected chi connectivity index (χ2v) is 4.77. The van der Waals surface area contributed by atoms with Crippen LogP contribution < -0.4 is 10.1 Å². The number of aliphatic hydroxyl groups is 1. The van der Waals surface area contributed by atoms with E-state index in [1.807, 2.05) is 6.07 Å². The highest BCUT2D eigenvalue weighted by Gasteiger charge is 2.41. The molecule has 0 aromatic heterocycles. The van der Waals surface area contributed by atoms with Crippen LogP contribution in [0.2, 0.25) is 0 Å². The van der Waals surface area contributed by atoms with E-state index in [9.17, 15) is 5.11 Å². The Morgan fingerprint density at radius 2 is 2.18 bits per heavy atom. The van der Waals surface area contributed by atoms with Gasteiger partial charge in [0.1, 0.15) is 0 Å². The van der Waals surface area contributed by atoms with E-state index in [1.165, 1.54) is 7.11 Å². The maximum absolute atomic E-state index is 9.62. The van der Waals surface area contributed by atoms with Gasteiger partial charge in [-0.15, -0.1) is 0 Å². The minimum absolute atomic E-state index is 0.120. The molecule has 0 unspecified atom stereocenters. The van der Waals surface area contributed by atoms with E-state index < -0.39 is 0 Å². The molecule has 0 radical (unpaired) electrons. The summed E-state index contributed by atoms with van der Waals surface area (Å²) in [6.45, 7) is 1.78. The van der Waals surface area contributed by atoms with E-state index in [0.29, 0.717) is 12.3 Å². The molecule has 0 heterocycles. The number of hydrogen-bond donors (Lipinski definition) is 3. The van der Waals surface area contributed by atoms with Crippen molar-refractivity contribution in [1.82, 2.24) is 5.32 Å². The smallest absolute Gasteiger partial charge is 0.160 e. The SMILES string of the molecule is COc1ccc(CNCC2(CO)CC2)cc1O. The molecular formula is C13H19NO3. The normalized spacial score (nSPS) is 16.8. The topological polar surface area (TPSA) is 61.7 Å². The summed E-state index contributed by atoms with van der Waals surface area (Å²) in [5.41, 5.74) is 1.13. The van der Waals surface area contributed by atoms with E-state index in [0.717, 1.165) is 24.9 Å². The number of hydrogen-bond acceptors (Lipinski definition) is 4. The molecule has 0 saturated heterocycles. The molecular weight excluding hydrogens is 218 g/mol. The summed E-state index contributed by atoms with van der Waals surface area (Å²) in [4.78, 5) is 0. The summed E-state index contributed by atoms with van der Waals surface area (Å²) in [7, 11) is 1.53. The van der Waals surface area contributed by atoms with E-state index in [1.54, 1.807) is 12.1 Å². The molecule has 1 aliphatic rings. The van der Waals surface area contributed by atoms with Crippen LogP contribution in [0.25, 0.3) is 0 Å². The Labute approximate surface area is 101 Å². The molecule has 0 spiro atoms. The molecule has 0 amide bonds. The van der Waals surface area contributed by atoms with Crippen molar-refractivity contribution in [2.75, 3.05) is 20.3 Å². The zero-order chi connectivity index (χ0) is 12.3. The first-order valence-electron chi connectivity index (χ1n) is 5.87. The van der Waals surface area contributed by atoms with Gasteiger partial charge >= 0.3 is 0 Å². The number of rotatable bonds is 6. The molecule has 4 nitrogen and oxygen atoms in total. The molecule has 4 heteroatoms. The van der Waals surface area contributed by atoms with Crippen molar-refractivity contribution >= 4 is 0 Å². The Kier molecular flexibility index (Phi) is 3.54. The molecule has 94 valence electrons. The number of ether oxygens (including phenoxy) is 1. The van der Waals surface area contributed by atoms with Crippen molar-refractivity contribution in [2.45, 2.75) is 19.4 Å². The monoisotopic (exact) mass is 237 g/mol. The highest BCUT2D eigenvalue weighted by Crippen LogP contribution is 2.44. The minimum atomic E-state index is 0.120. The van der Waals surface area contributed by atoms with E-state index >= 15 is 0 Å². The standard InChI is InChI=1S/C13H19NO3/c1-17-12-3-2-10(6-11(12)16)7-14-8-13(9-15)4-5-13/h2-3,6,14-16H,4-5,7-9H2,1H3. The fraction of sp³-hybridized carbons (Fsp3) is 0.538. The second-order valence-electron chi connectivity index (χ2n) is 4.77. The van der Waals surface area contributed by atoms with E-state index in [2.05, 4.69) is 5.32 Å². The van der Waals surface area contributed by atoms with Gasteiger partial charge in [-0.25, -0.2) is 0 Å². The highest BCUT2D eigenvalue weighted by atomic mass is 16.5. The molecule has 0 atom stereocenters. The molecule has 0 aliphatic heterocycles. The van der Waals surface area contributed by atoms with Crippen LogP contribution in [0.3, 0.4) is 0 Å². The van der Waals surface area contributed by atoms with Crippen molar-refractivity contribution in [3.8, 4) is 11.5 Å². The van der Waals surface area contributed by atoms with Gasteiger partial charge in [0, 0.05) is 25.1 Å². The van der Waals surface area contributed by atoms with Crippen LogP contribution in [0, 0.1) is 5.41 Å². The van der Waals surface area contributed by atoms with Crippen molar-refractivity contribution < 1.29 is 14.9 Å². The Bertz CT molecular complexity index is 388. The molecule has 3 N–H and O–H groups in total. The van der Waals surface area contributed by atoms with Gasteiger partial charge in [0.05, 0.1) is 7.11 Å². The second kappa shape index (κ2) is 4.94. The Morgan fingerprint density at radius 1 is 1.41 bits per heavy atom. The largest absolute Gasteiger partial charge is 0.504 e. The van der Waals surface area contributed by atoms with Crippen LogP contribution in [0.4, 0.5) is 0 Å². The molecule has 1 aromatic rings. The molecule has 2 rings (SSSR count). The van der Waals surface area contributed by atoms with Gasteiger partial charge in [0.2, 0.25) is 0 Å².